The van der Waals surface area contributed by atoms with Crippen molar-refractivity contribution in [3.63, 3.8) is 0 Å². The van der Waals surface area contributed by atoms with Crippen LogP contribution in [-0.2, 0) is 0 Å². The van der Waals surface area contributed by atoms with Crippen molar-refractivity contribution >= 4 is 39.3 Å². The van der Waals surface area contributed by atoms with Crippen molar-refractivity contribution in [2.24, 2.45) is 0 Å². The number of rotatable bonds is 1. The van der Waals surface area contributed by atoms with E-state index in [1.165, 1.54) is 11.3 Å². The highest BCUT2D eigenvalue weighted by molar-refractivity contribution is 7.17. The number of thiophene rings is 1. The SMILES string of the molecule is N#Cc1csc2ccc(C=O)c(Cl)c12. The van der Waals surface area contributed by atoms with Gasteiger partial charge in [-0.05, 0) is 12.1 Å². The maximum Gasteiger partial charge on any atom is 0.151 e. The standard InChI is InChI=1S/C10H4ClNOS/c11-10-6(4-13)1-2-8-9(10)7(3-12)5-14-8/h1-2,4-5H. The zero-order valence-corrected chi connectivity index (χ0v) is 8.52. The van der Waals surface area contributed by atoms with E-state index in [-0.39, 0.29) is 0 Å². The quantitative estimate of drug-likeness (QED) is 0.694. The van der Waals surface area contributed by atoms with Crippen LogP contribution < -0.4 is 0 Å². The Hall–Kier alpha value is -1.37. The number of carbonyl (C=O) groups is 1. The summed E-state index contributed by atoms with van der Waals surface area (Å²) in [5.41, 5.74) is 0.952. The Kier molecular flexibility index (Phi) is 2.24. The van der Waals surface area contributed by atoms with E-state index >= 15 is 0 Å². The smallest absolute Gasteiger partial charge is 0.151 e. The summed E-state index contributed by atoms with van der Waals surface area (Å²) in [6.07, 6.45) is 0.695. The first-order valence-electron chi connectivity index (χ1n) is 3.83. The van der Waals surface area contributed by atoms with Gasteiger partial charge in [-0.25, -0.2) is 0 Å². The zero-order chi connectivity index (χ0) is 10.1. The maximum atomic E-state index is 10.6. The molecule has 0 spiro atoms. The Balaban J connectivity index is 2.92. The fraction of sp³-hybridized carbons (Fsp3) is 0. The lowest BCUT2D eigenvalue weighted by Gasteiger charge is -1.97. The van der Waals surface area contributed by atoms with Crippen molar-refractivity contribution in [1.82, 2.24) is 0 Å². The van der Waals surface area contributed by atoms with Gasteiger partial charge in [-0.15, -0.1) is 11.3 Å². The Labute approximate surface area is 89.3 Å². The number of nitrogens with zero attached hydrogens (tertiary/aromatic N) is 1. The number of aldehydes is 1. The van der Waals surface area contributed by atoms with Crippen LogP contribution >= 0.6 is 22.9 Å². The topological polar surface area (TPSA) is 40.9 Å². The van der Waals surface area contributed by atoms with Crippen LogP contribution in [0, 0.1) is 11.3 Å². The molecule has 0 aliphatic carbocycles. The van der Waals surface area contributed by atoms with Crippen molar-refractivity contribution in [1.29, 1.82) is 5.26 Å². The van der Waals surface area contributed by atoms with Crippen molar-refractivity contribution in [2.45, 2.75) is 0 Å². The summed E-state index contributed by atoms with van der Waals surface area (Å²) < 4.78 is 0.928. The van der Waals surface area contributed by atoms with Gasteiger partial charge in [-0.1, -0.05) is 11.6 Å². The van der Waals surface area contributed by atoms with Crippen LogP contribution in [0.1, 0.15) is 15.9 Å². The molecule has 0 atom stereocenters. The van der Waals surface area contributed by atoms with Gasteiger partial charge in [-0.3, -0.25) is 4.79 Å². The summed E-state index contributed by atoms with van der Waals surface area (Å²) in [7, 11) is 0. The molecule has 2 aromatic rings. The number of halogens is 1. The Bertz CT molecular complexity index is 553. The molecule has 0 unspecified atom stereocenters. The van der Waals surface area contributed by atoms with E-state index in [1.807, 2.05) is 0 Å². The molecule has 2 nitrogen and oxygen atoms in total. The average molecular weight is 222 g/mol. The molecule has 0 bridgehead atoms. The predicted octanol–water partition coefficient (Wildman–Crippen LogP) is 3.24. The van der Waals surface area contributed by atoms with Crippen LogP contribution in [-0.4, -0.2) is 6.29 Å². The van der Waals surface area contributed by atoms with Crippen LogP contribution in [0.25, 0.3) is 10.1 Å². The van der Waals surface area contributed by atoms with Gasteiger partial charge < -0.3 is 0 Å². The van der Waals surface area contributed by atoms with Crippen LogP contribution in [0.4, 0.5) is 0 Å². The monoisotopic (exact) mass is 221 g/mol. The summed E-state index contributed by atoms with van der Waals surface area (Å²) in [6, 6.07) is 5.52. The number of nitriles is 1. The van der Waals surface area contributed by atoms with Crippen molar-refractivity contribution < 1.29 is 4.79 Å². The third-order valence-corrected chi connectivity index (χ3v) is 3.31. The molecule has 0 saturated heterocycles. The number of carbonyl (C=O) groups excluding carboxylic acids is 1. The van der Waals surface area contributed by atoms with Crippen LogP contribution in [0.3, 0.4) is 0 Å². The van der Waals surface area contributed by atoms with Crippen molar-refractivity contribution in [3.8, 4) is 6.07 Å². The van der Waals surface area contributed by atoms with Gasteiger partial charge in [0, 0.05) is 21.0 Å². The number of hydrogen-bond acceptors (Lipinski definition) is 3. The third-order valence-electron chi connectivity index (χ3n) is 1.95. The molecule has 0 aliphatic heterocycles. The summed E-state index contributed by atoms with van der Waals surface area (Å²) in [5.74, 6) is 0. The summed E-state index contributed by atoms with van der Waals surface area (Å²) >= 11 is 7.44. The molecular weight excluding hydrogens is 218 g/mol. The van der Waals surface area contributed by atoms with E-state index in [0.717, 1.165) is 4.70 Å². The van der Waals surface area contributed by atoms with Gasteiger partial charge in [0.05, 0.1) is 10.6 Å². The summed E-state index contributed by atoms with van der Waals surface area (Å²) in [6.45, 7) is 0. The van der Waals surface area contributed by atoms with E-state index in [4.69, 9.17) is 16.9 Å². The molecule has 1 aromatic carbocycles. The summed E-state index contributed by atoms with van der Waals surface area (Å²) in [5, 5.41) is 11.6. The number of benzene rings is 1. The molecule has 2 rings (SSSR count). The second kappa shape index (κ2) is 3.41. The van der Waals surface area contributed by atoms with Gasteiger partial charge in [0.25, 0.3) is 0 Å². The fourth-order valence-corrected chi connectivity index (χ4v) is 2.54. The van der Waals surface area contributed by atoms with E-state index < -0.39 is 0 Å². The van der Waals surface area contributed by atoms with E-state index in [0.29, 0.717) is 27.8 Å². The minimum atomic E-state index is 0.371. The highest BCUT2D eigenvalue weighted by Gasteiger charge is 2.10. The second-order valence-electron chi connectivity index (χ2n) is 2.72. The van der Waals surface area contributed by atoms with E-state index in [9.17, 15) is 4.79 Å². The molecule has 14 heavy (non-hydrogen) atoms. The first-order chi connectivity index (χ1) is 6.77. The minimum absolute atomic E-state index is 0.371. The van der Waals surface area contributed by atoms with E-state index in [1.54, 1.807) is 17.5 Å². The molecular formula is C10H4ClNOS. The number of fused-ring (bicyclic) bond motifs is 1. The van der Waals surface area contributed by atoms with Crippen molar-refractivity contribution in [2.75, 3.05) is 0 Å². The molecule has 0 radical (unpaired) electrons. The van der Waals surface area contributed by atoms with Crippen LogP contribution in [0.15, 0.2) is 17.5 Å². The molecule has 1 heterocycles. The molecule has 4 heteroatoms. The number of hydrogen-bond donors (Lipinski definition) is 0. The molecule has 0 N–H and O–H groups in total. The lowest BCUT2D eigenvalue weighted by molar-refractivity contribution is 0.112. The first-order valence-corrected chi connectivity index (χ1v) is 5.08. The Morgan fingerprint density at radius 2 is 2.29 bits per heavy atom. The van der Waals surface area contributed by atoms with Gasteiger partial charge in [0.2, 0.25) is 0 Å². The van der Waals surface area contributed by atoms with Gasteiger partial charge >= 0.3 is 0 Å². The lowest BCUT2D eigenvalue weighted by Crippen LogP contribution is -1.82. The van der Waals surface area contributed by atoms with Crippen LogP contribution in [0.5, 0.6) is 0 Å². The van der Waals surface area contributed by atoms with Gasteiger partial charge in [-0.2, -0.15) is 5.26 Å². The zero-order valence-electron chi connectivity index (χ0n) is 6.95. The van der Waals surface area contributed by atoms with Crippen LogP contribution in [0.2, 0.25) is 5.02 Å². The maximum absolute atomic E-state index is 10.6. The molecule has 0 aliphatic rings. The lowest BCUT2D eigenvalue weighted by atomic mass is 10.1. The average Bonchev–Trinajstić information content (AvgIpc) is 2.62. The summed E-state index contributed by atoms with van der Waals surface area (Å²) in [4.78, 5) is 10.6. The predicted molar refractivity (Wildman–Crippen MR) is 56.9 cm³/mol. The third kappa shape index (κ3) is 1.20. The fourth-order valence-electron chi connectivity index (χ4n) is 1.28. The van der Waals surface area contributed by atoms with Crippen molar-refractivity contribution in [3.05, 3.63) is 33.7 Å². The Morgan fingerprint density at radius 1 is 1.50 bits per heavy atom. The highest BCUT2D eigenvalue weighted by Crippen LogP contribution is 2.33. The second-order valence-corrected chi connectivity index (χ2v) is 4.01. The Morgan fingerprint density at radius 3 is 2.93 bits per heavy atom. The molecule has 1 aromatic heterocycles. The first kappa shape index (κ1) is 9.20. The molecule has 0 fully saturated rings. The van der Waals surface area contributed by atoms with Gasteiger partial charge in [0.1, 0.15) is 6.07 Å². The molecule has 0 amide bonds. The highest BCUT2D eigenvalue weighted by atomic mass is 35.5. The van der Waals surface area contributed by atoms with Gasteiger partial charge in [0.15, 0.2) is 6.29 Å². The molecule has 0 saturated carbocycles. The minimum Gasteiger partial charge on any atom is -0.298 e. The normalized spacial score (nSPS) is 10.0. The molecule has 68 valence electrons. The largest absolute Gasteiger partial charge is 0.298 e. The van der Waals surface area contributed by atoms with E-state index in [2.05, 4.69) is 6.07 Å².